The number of hydrogen-bond donors (Lipinski definition) is 0. The van der Waals surface area contributed by atoms with Gasteiger partial charge in [-0.05, 0) is 83.5 Å². The molecule has 0 aromatic carbocycles. The zero-order valence-corrected chi connectivity index (χ0v) is 39.8. The highest BCUT2D eigenvalue weighted by molar-refractivity contribution is 5.71. The molecule has 1 unspecified atom stereocenters. The van der Waals surface area contributed by atoms with Gasteiger partial charge in [0.1, 0.15) is 6.61 Å². The average Bonchev–Trinajstić information content (AvgIpc) is 3.27. The number of rotatable bonds is 43. The zero-order valence-electron chi connectivity index (χ0n) is 39.8. The van der Waals surface area contributed by atoms with Gasteiger partial charge in [0.05, 0.1) is 13.0 Å². The number of carbonyl (C=O) groups is 2. The first-order valence-electron chi connectivity index (χ1n) is 24.7. The lowest BCUT2D eigenvalue weighted by Gasteiger charge is -2.18. The van der Waals surface area contributed by atoms with Crippen molar-refractivity contribution in [1.82, 2.24) is 0 Å². The van der Waals surface area contributed by atoms with Crippen LogP contribution >= 0.6 is 0 Å². The Balaban J connectivity index is 4.52. The molecule has 348 valence electrons. The van der Waals surface area contributed by atoms with E-state index in [1.54, 1.807) is 0 Å². The van der Waals surface area contributed by atoms with Gasteiger partial charge in [-0.2, -0.15) is 0 Å². The van der Waals surface area contributed by atoms with Crippen molar-refractivity contribution < 1.29 is 23.8 Å². The van der Waals surface area contributed by atoms with Crippen molar-refractivity contribution >= 4 is 11.9 Å². The van der Waals surface area contributed by atoms with Crippen LogP contribution in [0.1, 0.15) is 188 Å². The SMILES string of the molecule is CC/C=C\C/C=C\C/C=C\C/C=C\C/C=C\C/C=C\CCC(=O)OCC(COCCCCCCCCCCCCCC)OC(=O)C/C=C\C/C=C\C/C=C\C/C=C\C/C=C\CC. The first-order chi connectivity index (χ1) is 30.6. The van der Waals surface area contributed by atoms with Crippen LogP contribution in [0.15, 0.2) is 134 Å². The molecule has 1 atom stereocenters. The summed E-state index contributed by atoms with van der Waals surface area (Å²) in [6, 6.07) is 0. The van der Waals surface area contributed by atoms with E-state index in [0.29, 0.717) is 13.0 Å². The Morgan fingerprint density at radius 1 is 0.387 bits per heavy atom. The predicted octanol–water partition coefficient (Wildman–Crippen LogP) is 16.8. The molecule has 0 aliphatic carbocycles. The van der Waals surface area contributed by atoms with Gasteiger partial charge < -0.3 is 14.2 Å². The Bertz CT molecular complexity index is 1330. The smallest absolute Gasteiger partial charge is 0.310 e. The molecule has 0 amide bonds. The van der Waals surface area contributed by atoms with Crippen LogP contribution in [0.25, 0.3) is 0 Å². The normalized spacial score (nSPS) is 13.4. The molecule has 0 N–H and O–H groups in total. The van der Waals surface area contributed by atoms with Crippen LogP contribution in [0.5, 0.6) is 0 Å². The van der Waals surface area contributed by atoms with E-state index >= 15 is 0 Å². The van der Waals surface area contributed by atoms with Crippen molar-refractivity contribution in [2.75, 3.05) is 19.8 Å². The summed E-state index contributed by atoms with van der Waals surface area (Å²) < 4.78 is 17.2. The van der Waals surface area contributed by atoms with Crippen molar-refractivity contribution in [3.63, 3.8) is 0 Å². The highest BCUT2D eigenvalue weighted by Crippen LogP contribution is 2.12. The lowest BCUT2D eigenvalue weighted by Crippen LogP contribution is -2.29. The standard InChI is InChI=1S/C57H90O5/c1-4-7-10-13-16-19-22-25-27-28-29-30-32-33-35-38-41-44-47-50-56(58)61-54-55(53-60-52-49-46-43-40-37-24-21-18-15-12-9-6-3)62-57(59)51-48-45-42-39-36-34-31-26-23-20-17-14-11-8-5-2/h7-8,10-11,16-17,19-20,25-27,29-31,33,35-36,39,41,44-45,48,55H,4-6,9,12-15,18,21-24,28,32,34,37-38,40,42-43,46-47,49-54H2,1-3H3/b10-7-,11-8-,19-16-,20-17-,27-25-,30-29-,31-26-,35-33-,39-36-,44-41-,48-45-. The van der Waals surface area contributed by atoms with E-state index < -0.39 is 6.10 Å². The van der Waals surface area contributed by atoms with Gasteiger partial charge in [-0.3, -0.25) is 9.59 Å². The molecule has 62 heavy (non-hydrogen) atoms. The minimum absolute atomic E-state index is 0.00155. The van der Waals surface area contributed by atoms with E-state index in [0.717, 1.165) is 83.5 Å². The Labute approximate surface area is 381 Å². The topological polar surface area (TPSA) is 61.8 Å². The fraction of sp³-hybridized carbons (Fsp3) is 0.579. The van der Waals surface area contributed by atoms with Gasteiger partial charge in [0.2, 0.25) is 0 Å². The van der Waals surface area contributed by atoms with E-state index in [4.69, 9.17) is 14.2 Å². The van der Waals surface area contributed by atoms with E-state index in [1.807, 2.05) is 18.2 Å². The number of esters is 2. The van der Waals surface area contributed by atoms with Crippen molar-refractivity contribution in [1.29, 1.82) is 0 Å². The van der Waals surface area contributed by atoms with Crippen LogP contribution in [0, 0.1) is 0 Å². The molecule has 0 aliphatic heterocycles. The molecule has 0 fully saturated rings. The lowest BCUT2D eigenvalue weighted by molar-refractivity contribution is -0.162. The molecule has 0 heterocycles. The van der Waals surface area contributed by atoms with Crippen molar-refractivity contribution in [2.45, 2.75) is 194 Å². The average molecular weight is 855 g/mol. The maximum atomic E-state index is 12.7. The van der Waals surface area contributed by atoms with Crippen LogP contribution in [0.4, 0.5) is 0 Å². The maximum Gasteiger partial charge on any atom is 0.310 e. The number of ether oxygens (including phenoxy) is 3. The lowest BCUT2D eigenvalue weighted by atomic mass is 10.1. The van der Waals surface area contributed by atoms with E-state index in [-0.39, 0.29) is 38.0 Å². The summed E-state index contributed by atoms with van der Waals surface area (Å²) >= 11 is 0. The van der Waals surface area contributed by atoms with Gasteiger partial charge in [-0.1, -0.05) is 225 Å². The number of unbranched alkanes of at least 4 members (excludes halogenated alkanes) is 11. The number of allylic oxidation sites excluding steroid dienone is 21. The first-order valence-corrected chi connectivity index (χ1v) is 24.7. The molecular formula is C57H90O5. The molecular weight excluding hydrogens is 765 g/mol. The fourth-order valence-electron chi connectivity index (χ4n) is 6.14. The summed E-state index contributed by atoms with van der Waals surface area (Å²) in [6.07, 6.45) is 73.5. The molecule has 0 bridgehead atoms. The maximum absolute atomic E-state index is 12.7. The minimum Gasteiger partial charge on any atom is -0.462 e. The molecule has 0 spiro atoms. The van der Waals surface area contributed by atoms with Crippen LogP contribution in [0.3, 0.4) is 0 Å². The van der Waals surface area contributed by atoms with Crippen molar-refractivity contribution in [3.8, 4) is 0 Å². The van der Waals surface area contributed by atoms with Gasteiger partial charge in [0.25, 0.3) is 0 Å². The van der Waals surface area contributed by atoms with Crippen LogP contribution < -0.4 is 0 Å². The Hall–Kier alpha value is -3.96. The van der Waals surface area contributed by atoms with Gasteiger partial charge in [-0.15, -0.1) is 0 Å². The fourth-order valence-corrected chi connectivity index (χ4v) is 6.14. The van der Waals surface area contributed by atoms with Crippen LogP contribution in [0.2, 0.25) is 0 Å². The summed E-state index contributed by atoms with van der Waals surface area (Å²) in [5.74, 6) is -0.649. The largest absolute Gasteiger partial charge is 0.462 e. The molecule has 0 radical (unpaired) electrons. The Morgan fingerprint density at radius 2 is 0.742 bits per heavy atom. The zero-order chi connectivity index (χ0) is 44.9. The van der Waals surface area contributed by atoms with Crippen LogP contribution in [-0.2, 0) is 23.8 Å². The summed E-state index contributed by atoms with van der Waals surface area (Å²) in [6.45, 7) is 7.39. The molecule has 5 nitrogen and oxygen atoms in total. The third-order valence-corrected chi connectivity index (χ3v) is 9.73. The van der Waals surface area contributed by atoms with Gasteiger partial charge in [0, 0.05) is 13.0 Å². The number of carbonyl (C=O) groups excluding carboxylic acids is 2. The van der Waals surface area contributed by atoms with E-state index in [1.165, 1.54) is 64.2 Å². The van der Waals surface area contributed by atoms with Crippen molar-refractivity contribution in [3.05, 3.63) is 134 Å². The second kappa shape index (κ2) is 51.4. The first kappa shape index (κ1) is 58.0. The third kappa shape index (κ3) is 48.7. The predicted molar refractivity (Wildman–Crippen MR) is 269 cm³/mol. The Morgan fingerprint density at radius 3 is 1.15 bits per heavy atom. The summed E-state index contributed by atoms with van der Waals surface area (Å²) in [7, 11) is 0. The summed E-state index contributed by atoms with van der Waals surface area (Å²) in [5, 5.41) is 0. The highest BCUT2D eigenvalue weighted by atomic mass is 16.6. The van der Waals surface area contributed by atoms with E-state index in [9.17, 15) is 9.59 Å². The molecule has 5 heteroatoms. The monoisotopic (exact) mass is 855 g/mol. The molecule has 0 aliphatic rings. The molecule has 0 saturated carbocycles. The summed E-state index contributed by atoms with van der Waals surface area (Å²) in [5.41, 5.74) is 0. The Kier molecular flexibility index (Phi) is 48.1. The second-order valence-electron chi connectivity index (χ2n) is 15.6. The quantitative estimate of drug-likeness (QED) is 0.0347. The third-order valence-electron chi connectivity index (χ3n) is 9.73. The molecule has 0 rings (SSSR count). The van der Waals surface area contributed by atoms with Crippen LogP contribution in [-0.4, -0.2) is 37.9 Å². The highest BCUT2D eigenvalue weighted by Gasteiger charge is 2.17. The van der Waals surface area contributed by atoms with E-state index in [2.05, 4.69) is 136 Å². The second-order valence-corrected chi connectivity index (χ2v) is 15.6. The molecule has 0 saturated heterocycles. The minimum atomic E-state index is -0.627. The van der Waals surface area contributed by atoms with Crippen molar-refractivity contribution in [2.24, 2.45) is 0 Å². The molecule has 0 aromatic rings. The van der Waals surface area contributed by atoms with Gasteiger partial charge in [0.15, 0.2) is 6.10 Å². The van der Waals surface area contributed by atoms with Gasteiger partial charge >= 0.3 is 11.9 Å². The number of hydrogen-bond acceptors (Lipinski definition) is 5. The molecule has 0 aromatic heterocycles. The summed E-state index contributed by atoms with van der Waals surface area (Å²) in [4.78, 5) is 25.3. The van der Waals surface area contributed by atoms with Gasteiger partial charge in [-0.25, -0.2) is 0 Å².